The Labute approximate surface area is 817 Å². The van der Waals surface area contributed by atoms with Crippen LogP contribution in [0.25, 0.3) is 89.2 Å². The second-order valence-electron chi connectivity index (χ2n) is 33.1. The Hall–Kier alpha value is -16.8. The maximum absolute atomic E-state index is 12.8. The largest absolute Gasteiger partial charge is 0.497 e. The van der Waals surface area contributed by atoms with Crippen LogP contribution in [0.2, 0.25) is 0 Å². The lowest BCUT2D eigenvalue weighted by molar-refractivity contribution is -0.144. The minimum Gasteiger partial charge on any atom is -0.497 e. The smallest absolute Gasteiger partial charge is 0.328 e. The first-order valence-electron chi connectivity index (χ1n) is 45.7. The molecule has 10 heterocycles. The third-order valence-corrected chi connectivity index (χ3v) is 23.5. The topological polar surface area (TPSA) is 358 Å². The van der Waals surface area contributed by atoms with Crippen molar-refractivity contribution >= 4 is 102 Å². The van der Waals surface area contributed by atoms with E-state index in [9.17, 15) is 9.90 Å². The van der Waals surface area contributed by atoms with Gasteiger partial charge in [-0.15, -0.1) is 12.3 Å². The highest BCUT2D eigenvalue weighted by atomic mass is 16.5. The summed E-state index contributed by atoms with van der Waals surface area (Å²) in [6.07, 6.45) is 31.5. The Kier molecular flexibility index (Phi) is 32.4. The van der Waals surface area contributed by atoms with Crippen LogP contribution in [0.4, 0.5) is 51.4 Å². The van der Waals surface area contributed by atoms with Crippen molar-refractivity contribution in [3.05, 3.63) is 232 Å². The maximum atomic E-state index is 12.8. The number of carbonyl (C=O) groups excluding carboxylic acids is 1. The lowest BCUT2D eigenvalue weighted by Gasteiger charge is -2.31. The molecule has 726 valence electrons. The van der Waals surface area contributed by atoms with Gasteiger partial charge in [0.25, 0.3) is 0 Å². The van der Waals surface area contributed by atoms with Gasteiger partial charge in [-0.2, -0.15) is 25.4 Å². The standard InChI is InChI=1S/C30H32N8O3.C27H30N6O2.C25H27N5O4.C23H25N5O3/c1-36-19-21(15-33-36)28-16-32-26-6-5-22(13-27(26)34-28)38(23-11-24(39-2)14-25(12-23)40-3)18-20-8-10-37(17-20)30-31-9-7-29(35-30)41-4;1-5-6-10-28-11-7-12-33(22-13-23(34-3)16-24(14-22)35-4)21-8-9-25-26(15-21)31-27(18-29-25)20-17-30-32(2)19-20;1-6-34-25(31)16(2)30(19-9-20(32-4)12-21(10-19)33-5)18-7-8-22-23(11-18)28-24(14-26-22)17-13-27-29(3)15-17;1-15(14-29)28(18-7-19(30-3)10-20(8-18)31-4)17-5-6-21-22(9-17)26-23(12-24-21)16-11-25-27(2)13-16/h5-7,9,11-16,19-20H,8,10,17-18H2,1-4H3;1,8-9,13-19,28H,6-7,10-12H2,2-4H3;7-16H,6H2,1-5H3;5-13,15,29H,14H2,1-4H3. The van der Waals surface area contributed by atoms with E-state index < -0.39 is 6.04 Å². The summed E-state index contributed by atoms with van der Waals surface area (Å²) in [6, 6.07) is 47.8. The number of benzene rings is 8. The number of esters is 1. The van der Waals surface area contributed by atoms with Gasteiger partial charge in [0.05, 0.1) is 200 Å². The first-order chi connectivity index (χ1) is 68.6. The number of aliphatic hydroxyl groups excluding tert-OH is 1. The van der Waals surface area contributed by atoms with E-state index in [1.54, 1.807) is 164 Å². The molecule has 1 aliphatic heterocycles. The Morgan fingerprint density at radius 3 is 1.17 bits per heavy atom. The number of ether oxygens (including phenoxy) is 10. The highest BCUT2D eigenvalue weighted by molar-refractivity contribution is 5.90. The van der Waals surface area contributed by atoms with Gasteiger partial charge in [-0.05, 0) is 119 Å². The van der Waals surface area contributed by atoms with Crippen LogP contribution >= 0.6 is 0 Å². The van der Waals surface area contributed by atoms with E-state index in [1.165, 1.54) is 0 Å². The number of aromatic nitrogens is 18. The van der Waals surface area contributed by atoms with E-state index in [-0.39, 0.29) is 25.2 Å². The van der Waals surface area contributed by atoms with E-state index in [4.69, 9.17) is 73.7 Å². The average Bonchev–Trinajstić information content (AvgIpc) is 1.33. The van der Waals surface area contributed by atoms with Crippen molar-refractivity contribution in [2.75, 3.05) is 141 Å². The van der Waals surface area contributed by atoms with Gasteiger partial charge < -0.3 is 82.3 Å². The normalized spacial score (nSPS) is 12.5. The van der Waals surface area contributed by atoms with Crippen LogP contribution in [-0.2, 0) is 37.7 Å². The fourth-order valence-corrected chi connectivity index (χ4v) is 16.3. The minimum absolute atomic E-state index is 0.0288. The summed E-state index contributed by atoms with van der Waals surface area (Å²) >= 11 is 0. The predicted octanol–water partition coefficient (Wildman–Crippen LogP) is 16.4. The number of nitrogens with zero attached hydrogens (tertiary/aromatic N) is 23. The number of carbonyl (C=O) groups is 1. The van der Waals surface area contributed by atoms with Gasteiger partial charge in [-0.25, -0.2) is 29.7 Å². The number of terminal acetylenes is 1. The maximum Gasteiger partial charge on any atom is 0.328 e. The van der Waals surface area contributed by atoms with Crippen molar-refractivity contribution in [2.45, 2.75) is 52.1 Å². The highest BCUT2D eigenvalue weighted by Crippen LogP contribution is 2.42. The molecule has 18 rings (SSSR count). The van der Waals surface area contributed by atoms with Crippen LogP contribution in [0, 0.1) is 18.3 Å². The second-order valence-corrected chi connectivity index (χ2v) is 33.1. The summed E-state index contributed by atoms with van der Waals surface area (Å²) < 4.78 is 61.7. The van der Waals surface area contributed by atoms with E-state index in [2.05, 4.69) is 101 Å². The quantitative estimate of drug-likeness (QED) is 0.0212. The molecule has 3 unspecified atom stereocenters. The molecule has 36 nitrogen and oxygen atoms in total. The van der Waals surface area contributed by atoms with Crippen LogP contribution in [0.1, 0.15) is 40.0 Å². The summed E-state index contributed by atoms with van der Waals surface area (Å²) in [5, 5.41) is 30.3. The van der Waals surface area contributed by atoms with Gasteiger partial charge in [0, 0.05) is 245 Å². The van der Waals surface area contributed by atoms with E-state index in [0.717, 1.165) is 199 Å². The summed E-state index contributed by atoms with van der Waals surface area (Å²) in [7, 11) is 22.2. The molecule has 0 amide bonds. The number of aliphatic hydroxyl groups is 1. The summed E-state index contributed by atoms with van der Waals surface area (Å²) in [5.74, 6) is 9.38. The van der Waals surface area contributed by atoms with Gasteiger partial charge in [-0.1, -0.05) is 0 Å². The third-order valence-electron chi connectivity index (χ3n) is 23.5. The van der Waals surface area contributed by atoms with Crippen LogP contribution in [-0.4, -0.2) is 229 Å². The molecular formula is C105H114N24O12. The molecular weight excluding hydrogens is 1790 g/mol. The van der Waals surface area contributed by atoms with Crippen molar-refractivity contribution in [3.8, 4) is 109 Å². The first-order valence-corrected chi connectivity index (χ1v) is 45.7. The number of methoxy groups -OCH3 is 9. The van der Waals surface area contributed by atoms with Crippen molar-refractivity contribution in [2.24, 2.45) is 34.1 Å². The van der Waals surface area contributed by atoms with Crippen LogP contribution in [0.15, 0.2) is 232 Å². The number of aryl methyl sites for hydroxylation is 4. The van der Waals surface area contributed by atoms with Crippen LogP contribution in [0.5, 0.6) is 51.9 Å². The zero-order chi connectivity index (χ0) is 99.2. The molecule has 1 saturated heterocycles. The fraction of sp³-hybridized carbons (Fsp3) is 0.286. The number of hydrogen-bond acceptors (Lipinski definition) is 32. The van der Waals surface area contributed by atoms with Crippen molar-refractivity contribution < 1.29 is 57.3 Å². The van der Waals surface area contributed by atoms with E-state index in [1.807, 2.05) is 185 Å². The average molecular weight is 1900 g/mol. The molecule has 9 aromatic heterocycles. The summed E-state index contributed by atoms with van der Waals surface area (Å²) in [6.45, 7) is 10.7. The molecule has 0 bridgehead atoms. The summed E-state index contributed by atoms with van der Waals surface area (Å²) in [5.41, 5.74) is 20.0. The minimum atomic E-state index is -0.622. The SMILES string of the molecule is C#CCCNCCCN(c1cc(OC)cc(OC)c1)c1ccc2ncc(-c3cnn(C)c3)nc2c1.CCOC(=O)C(C)N(c1cc(OC)cc(OC)c1)c1ccc2ncc(-c3cnn(C)c3)nc2c1.COc1cc(OC)cc(N(CC2CCN(c3nccc(OC)n3)C2)c2ccc3ncc(-c4cnn(C)c4)nc3c2)c1.COc1cc(OC)cc(N(c2ccc3ncc(-c4cnn(C)c4)nc3c2)C(C)CO)c1. The molecule has 0 aliphatic carbocycles. The molecule has 1 aliphatic rings. The predicted molar refractivity (Wildman–Crippen MR) is 546 cm³/mol. The molecule has 1 fully saturated rings. The molecule has 0 radical (unpaired) electrons. The van der Waals surface area contributed by atoms with E-state index >= 15 is 0 Å². The lowest BCUT2D eigenvalue weighted by Crippen LogP contribution is -2.37. The molecule has 17 aromatic rings. The van der Waals surface area contributed by atoms with Gasteiger partial charge in [0.15, 0.2) is 0 Å². The van der Waals surface area contributed by atoms with Crippen molar-refractivity contribution in [3.63, 3.8) is 0 Å². The number of nitrogens with one attached hydrogen (secondary N) is 1. The molecule has 36 heteroatoms. The molecule has 0 saturated carbocycles. The number of anilines is 9. The first kappa shape index (κ1) is 98.7. The molecule has 141 heavy (non-hydrogen) atoms. The highest BCUT2D eigenvalue weighted by Gasteiger charge is 2.31. The Morgan fingerprint density at radius 2 is 0.801 bits per heavy atom. The van der Waals surface area contributed by atoms with Crippen molar-refractivity contribution in [1.29, 1.82) is 0 Å². The van der Waals surface area contributed by atoms with Crippen LogP contribution < -0.4 is 72.4 Å². The Balaban J connectivity index is 0.000000143. The molecule has 3 atom stereocenters. The van der Waals surface area contributed by atoms with Gasteiger partial charge in [-0.3, -0.25) is 38.7 Å². The zero-order valence-corrected chi connectivity index (χ0v) is 81.8. The molecule has 8 aromatic carbocycles. The molecule has 0 spiro atoms. The van der Waals surface area contributed by atoms with Crippen molar-refractivity contribution in [1.82, 2.24) is 94.3 Å². The fourth-order valence-electron chi connectivity index (χ4n) is 16.3. The third kappa shape index (κ3) is 24.2. The summed E-state index contributed by atoms with van der Waals surface area (Å²) in [4.78, 5) is 70.2. The van der Waals surface area contributed by atoms with E-state index in [0.29, 0.717) is 57.6 Å². The van der Waals surface area contributed by atoms with Gasteiger partial charge in [0.1, 0.15) is 52.0 Å². The van der Waals surface area contributed by atoms with Crippen LogP contribution in [0.3, 0.4) is 0 Å². The lowest BCUT2D eigenvalue weighted by atomic mass is 10.1. The Bertz CT molecular complexity index is 7120. The Morgan fingerprint density at radius 1 is 0.433 bits per heavy atom. The number of fused-ring (bicyclic) bond motifs is 4. The monoisotopic (exact) mass is 1900 g/mol. The van der Waals surface area contributed by atoms with Gasteiger partial charge >= 0.3 is 5.97 Å². The number of hydrogen-bond donors (Lipinski definition) is 2. The number of rotatable bonds is 35. The zero-order valence-electron chi connectivity index (χ0n) is 81.8. The van der Waals surface area contributed by atoms with Gasteiger partial charge in [0.2, 0.25) is 11.8 Å². The second kappa shape index (κ2) is 46.4. The molecule has 2 N–H and O–H groups in total.